The van der Waals surface area contributed by atoms with E-state index in [4.69, 9.17) is 0 Å². The van der Waals surface area contributed by atoms with Crippen LogP contribution in [0.2, 0.25) is 0 Å². The number of hydrogen-bond acceptors (Lipinski definition) is 2. The summed E-state index contributed by atoms with van der Waals surface area (Å²) in [4.78, 5) is 14.9. The fraction of sp³-hybridized carbons (Fsp3) is 0.611. The van der Waals surface area contributed by atoms with E-state index in [0.29, 0.717) is 0 Å². The highest BCUT2D eigenvalue weighted by molar-refractivity contribution is 5.79. The highest BCUT2D eigenvalue weighted by Crippen LogP contribution is 2.22. The molecule has 0 radical (unpaired) electrons. The van der Waals surface area contributed by atoms with E-state index >= 15 is 0 Å². The van der Waals surface area contributed by atoms with Crippen molar-refractivity contribution in [2.24, 2.45) is 5.92 Å². The van der Waals surface area contributed by atoms with Gasteiger partial charge >= 0.3 is 0 Å². The predicted octanol–water partition coefficient (Wildman–Crippen LogP) is 3.08. The zero-order valence-electron chi connectivity index (χ0n) is 13.8. The highest BCUT2D eigenvalue weighted by Gasteiger charge is 2.28. The Morgan fingerprint density at radius 1 is 1.29 bits per heavy atom. The fourth-order valence-electron chi connectivity index (χ4n) is 2.73. The zero-order valence-corrected chi connectivity index (χ0v) is 13.8. The maximum atomic E-state index is 12.6. The number of rotatable bonds is 6. The number of nitrogens with zero attached hydrogens (tertiary/aromatic N) is 1. The van der Waals surface area contributed by atoms with Gasteiger partial charge in [0.15, 0.2) is 0 Å². The van der Waals surface area contributed by atoms with Crippen molar-refractivity contribution in [3.63, 3.8) is 0 Å². The molecule has 3 heteroatoms. The third-order valence-corrected chi connectivity index (χ3v) is 4.50. The second kappa shape index (κ2) is 6.61. The summed E-state index contributed by atoms with van der Waals surface area (Å²) in [6.45, 7) is 11.5. The van der Waals surface area contributed by atoms with Crippen LogP contribution in [0.4, 0.5) is 0 Å². The molecule has 1 amide bonds. The monoisotopic (exact) mass is 288 g/mol. The normalized spacial score (nSPS) is 17.1. The van der Waals surface area contributed by atoms with Gasteiger partial charge in [-0.15, -0.1) is 0 Å². The highest BCUT2D eigenvalue weighted by atomic mass is 16.2. The minimum absolute atomic E-state index is 0.0926. The molecule has 1 aliphatic heterocycles. The molecule has 0 aliphatic carbocycles. The number of benzene rings is 1. The topological polar surface area (TPSA) is 32.3 Å². The van der Waals surface area contributed by atoms with Gasteiger partial charge in [0.2, 0.25) is 5.91 Å². The van der Waals surface area contributed by atoms with Gasteiger partial charge in [0.05, 0.1) is 11.5 Å². The van der Waals surface area contributed by atoms with Gasteiger partial charge in [-0.2, -0.15) is 0 Å². The van der Waals surface area contributed by atoms with Crippen molar-refractivity contribution in [1.82, 2.24) is 10.2 Å². The number of aryl methyl sites for hydroxylation is 1. The molecule has 0 bridgehead atoms. The molecular weight excluding hydrogens is 260 g/mol. The van der Waals surface area contributed by atoms with Crippen molar-refractivity contribution in [3.8, 4) is 0 Å². The quantitative estimate of drug-likeness (QED) is 0.872. The van der Waals surface area contributed by atoms with Crippen LogP contribution in [-0.4, -0.2) is 30.4 Å². The van der Waals surface area contributed by atoms with E-state index in [1.807, 2.05) is 0 Å². The summed E-state index contributed by atoms with van der Waals surface area (Å²) in [5, 5.41) is 3.23. The molecule has 0 unspecified atom stereocenters. The lowest BCUT2D eigenvalue weighted by molar-refractivity contribution is -0.127. The van der Waals surface area contributed by atoms with Crippen LogP contribution in [-0.2, 0) is 10.3 Å². The van der Waals surface area contributed by atoms with Crippen LogP contribution in [0.15, 0.2) is 24.3 Å². The first kappa shape index (κ1) is 16.0. The molecule has 0 saturated carbocycles. The summed E-state index contributed by atoms with van der Waals surface area (Å²) in [5.74, 6) is 0.269. The Labute approximate surface area is 128 Å². The van der Waals surface area contributed by atoms with E-state index in [2.05, 4.69) is 62.2 Å². The third-order valence-electron chi connectivity index (χ3n) is 4.50. The minimum Gasteiger partial charge on any atom is -0.347 e. The molecule has 1 aliphatic rings. The van der Waals surface area contributed by atoms with Crippen LogP contribution < -0.4 is 5.32 Å². The lowest BCUT2D eigenvalue weighted by Crippen LogP contribution is -2.48. The zero-order chi connectivity index (χ0) is 15.5. The lowest BCUT2D eigenvalue weighted by Gasteiger charge is -2.35. The Morgan fingerprint density at radius 2 is 1.90 bits per heavy atom. The van der Waals surface area contributed by atoms with E-state index in [-0.39, 0.29) is 17.4 Å². The Balaban J connectivity index is 1.99. The molecule has 1 aromatic rings. The van der Waals surface area contributed by atoms with Gasteiger partial charge in [0.1, 0.15) is 0 Å². The largest absolute Gasteiger partial charge is 0.347 e. The molecule has 3 nitrogen and oxygen atoms in total. The van der Waals surface area contributed by atoms with Crippen LogP contribution >= 0.6 is 0 Å². The average molecular weight is 288 g/mol. The van der Waals surface area contributed by atoms with Gasteiger partial charge in [-0.05, 0) is 52.3 Å². The summed E-state index contributed by atoms with van der Waals surface area (Å²) in [6, 6.07) is 8.40. The first-order valence-corrected chi connectivity index (χ1v) is 8.04. The second-order valence-corrected chi connectivity index (χ2v) is 6.74. The molecule has 21 heavy (non-hydrogen) atoms. The van der Waals surface area contributed by atoms with Gasteiger partial charge in [-0.25, -0.2) is 0 Å². The molecule has 1 aromatic carbocycles. The Kier molecular flexibility index (Phi) is 5.04. The fourth-order valence-corrected chi connectivity index (χ4v) is 2.73. The Hall–Kier alpha value is -1.35. The van der Waals surface area contributed by atoms with Crippen LogP contribution in [0.3, 0.4) is 0 Å². The summed E-state index contributed by atoms with van der Waals surface area (Å²) in [5.41, 5.74) is 2.07. The minimum atomic E-state index is -0.326. The van der Waals surface area contributed by atoms with Crippen LogP contribution in [0.25, 0.3) is 0 Å². The maximum Gasteiger partial charge on any atom is 0.225 e. The molecule has 2 rings (SSSR count). The van der Waals surface area contributed by atoms with Gasteiger partial charge in [0, 0.05) is 6.54 Å². The lowest BCUT2D eigenvalue weighted by atomic mass is 9.92. The van der Waals surface area contributed by atoms with Crippen LogP contribution in [0.5, 0.6) is 0 Å². The molecule has 0 aromatic heterocycles. The van der Waals surface area contributed by atoms with Crippen molar-refractivity contribution in [1.29, 1.82) is 0 Å². The molecule has 1 N–H and O–H groups in total. The van der Waals surface area contributed by atoms with E-state index in [1.165, 1.54) is 12.0 Å². The molecule has 116 valence electrons. The van der Waals surface area contributed by atoms with E-state index in [0.717, 1.165) is 31.6 Å². The SMILES string of the molecule is CC[C@H](CN1CCC1)C(=O)NC(C)(C)c1ccc(C)cc1. The maximum absolute atomic E-state index is 12.6. The molecular formula is C18H28N2O. The molecule has 1 heterocycles. The summed E-state index contributed by atoms with van der Waals surface area (Å²) >= 11 is 0. The smallest absolute Gasteiger partial charge is 0.225 e. The Morgan fingerprint density at radius 3 is 2.38 bits per heavy atom. The van der Waals surface area contributed by atoms with E-state index < -0.39 is 0 Å². The first-order valence-electron chi connectivity index (χ1n) is 8.04. The standard InChI is InChI=1S/C18H28N2O/c1-5-15(13-20-11-6-12-20)17(21)19-18(3,4)16-9-7-14(2)8-10-16/h7-10,15H,5-6,11-13H2,1-4H3,(H,19,21)/t15-/m1/s1. The number of carbonyl (C=O) groups excluding carboxylic acids is 1. The van der Waals surface area contributed by atoms with Gasteiger partial charge in [-0.3, -0.25) is 4.79 Å². The van der Waals surface area contributed by atoms with E-state index in [9.17, 15) is 4.79 Å². The average Bonchev–Trinajstić information content (AvgIpc) is 2.37. The van der Waals surface area contributed by atoms with Gasteiger partial charge in [-0.1, -0.05) is 36.8 Å². The molecule has 1 fully saturated rings. The first-order chi connectivity index (χ1) is 9.92. The van der Waals surface area contributed by atoms with Crippen LogP contribution in [0, 0.1) is 12.8 Å². The number of hydrogen-bond donors (Lipinski definition) is 1. The van der Waals surface area contributed by atoms with Crippen LogP contribution in [0.1, 0.15) is 44.7 Å². The predicted molar refractivity (Wildman–Crippen MR) is 87.2 cm³/mol. The second-order valence-electron chi connectivity index (χ2n) is 6.74. The third kappa shape index (κ3) is 4.07. The summed E-state index contributed by atoms with van der Waals surface area (Å²) in [7, 11) is 0. The van der Waals surface area contributed by atoms with Crippen molar-refractivity contribution in [2.75, 3.05) is 19.6 Å². The Bertz CT molecular complexity index is 474. The van der Waals surface area contributed by atoms with Gasteiger partial charge in [0.25, 0.3) is 0 Å². The molecule has 0 spiro atoms. The number of amides is 1. The number of nitrogens with one attached hydrogen (secondary N) is 1. The number of likely N-dealkylation sites (tertiary alicyclic amines) is 1. The molecule has 1 saturated heterocycles. The van der Waals surface area contributed by atoms with Crippen molar-refractivity contribution >= 4 is 5.91 Å². The van der Waals surface area contributed by atoms with E-state index in [1.54, 1.807) is 0 Å². The number of carbonyl (C=O) groups is 1. The van der Waals surface area contributed by atoms with Crippen molar-refractivity contribution in [3.05, 3.63) is 35.4 Å². The summed E-state index contributed by atoms with van der Waals surface area (Å²) in [6.07, 6.45) is 2.17. The summed E-state index contributed by atoms with van der Waals surface area (Å²) < 4.78 is 0. The van der Waals surface area contributed by atoms with Crippen molar-refractivity contribution < 1.29 is 4.79 Å². The van der Waals surface area contributed by atoms with Crippen molar-refractivity contribution in [2.45, 2.75) is 46.1 Å². The molecule has 1 atom stereocenters. The van der Waals surface area contributed by atoms with Gasteiger partial charge < -0.3 is 10.2 Å².